The Morgan fingerprint density at radius 3 is 2.00 bits per heavy atom. The third kappa shape index (κ3) is 1.85. The van der Waals surface area contributed by atoms with Crippen molar-refractivity contribution in [1.82, 2.24) is 4.90 Å². The van der Waals surface area contributed by atoms with Crippen molar-refractivity contribution in [3.63, 3.8) is 0 Å². The lowest BCUT2D eigenvalue weighted by Crippen LogP contribution is -2.55. The summed E-state index contributed by atoms with van der Waals surface area (Å²) in [5.74, 6) is -0.377. The lowest BCUT2D eigenvalue weighted by Gasteiger charge is -2.41. The van der Waals surface area contributed by atoms with E-state index in [1.54, 1.807) is 13.8 Å². The van der Waals surface area contributed by atoms with Crippen LogP contribution in [0.2, 0.25) is 0 Å². The molecule has 2 bridgehead atoms. The van der Waals surface area contributed by atoms with Crippen LogP contribution in [0.15, 0.2) is 0 Å². The van der Waals surface area contributed by atoms with Crippen LogP contribution < -0.4 is 0 Å². The molecule has 2 saturated heterocycles. The van der Waals surface area contributed by atoms with Gasteiger partial charge in [0.2, 0.25) is 0 Å². The molecule has 0 aromatic heterocycles. The van der Waals surface area contributed by atoms with E-state index in [0.717, 1.165) is 12.8 Å². The summed E-state index contributed by atoms with van der Waals surface area (Å²) in [5.41, 5.74) is 0. The first-order chi connectivity index (χ1) is 7.31. The standard InChI is InChI=1S/C11H16F3NO/c1-6-8-3-4-9(7(2)10(6)16)15(8)5-11(12,13)14/h6-9H,3-5H2,1-2H3. The fourth-order valence-corrected chi connectivity index (χ4v) is 3.23. The van der Waals surface area contributed by atoms with Gasteiger partial charge in [0.1, 0.15) is 5.78 Å². The number of nitrogens with zero attached hydrogens (tertiary/aromatic N) is 1. The van der Waals surface area contributed by atoms with Crippen molar-refractivity contribution in [2.45, 2.75) is 44.9 Å². The lowest BCUT2D eigenvalue weighted by molar-refractivity contribution is -0.165. The number of alkyl halides is 3. The van der Waals surface area contributed by atoms with Gasteiger partial charge in [-0.2, -0.15) is 13.2 Å². The summed E-state index contributed by atoms with van der Waals surface area (Å²) in [6, 6.07) is -0.398. The summed E-state index contributed by atoms with van der Waals surface area (Å²) in [6.07, 6.45) is -2.73. The monoisotopic (exact) mass is 235 g/mol. The van der Waals surface area contributed by atoms with Gasteiger partial charge < -0.3 is 0 Å². The number of fused-ring (bicyclic) bond motifs is 2. The highest BCUT2D eigenvalue weighted by Gasteiger charge is 2.51. The fraction of sp³-hybridized carbons (Fsp3) is 0.909. The third-order valence-electron chi connectivity index (χ3n) is 4.02. The van der Waals surface area contributed by atoms with Crippen molar-refractivity contribution in [2.24, 2.45) is 11.8 Å². The Morgan fingerprint density at radius 1 is 1.19 bits per heavy atom. The number of halogens is 3. The molecular weight excluding hydrogens is 219 g/mol. The lowest BCUT2D eigenvalue weighted by atomic mass is 9.83. The largest absolute Gasteiger partial charge is 0.401 e. The third-order valence-corrected chi connectivity index (χ3v) is 4.02. The van der Waals surface area contributed by atoms with Crippen LogP contribution in [-0.2, 0) is 4.79 Å². The molecule has 92 valence electrons. The Bertz CT molecular complexity index is 282. The van der Waals surface area contributed by atoms with Crippen LogP contribution in [0.25, 0.3) is 0 Å². The van der Waals surface area contributed by atoms with Crippen molar-refractivity contribution in [3.8, 4) is 0 Å². The molecule has 2 fully saturated rings. The van der Waals surface area contributed by atoms with E-state index < -0.39 is 12.7 Å². The number of ketones is 1. The van der Waals surface area contributed by atoms with Crippen LogP contribution in [0.1, 0.15) is 26.7 Å². The zero-order chi connectivity index (χ0) is 12.1. The van der Waals surface area contributed by atoms with Crippen LogP contribution in [0.3, 0.4) is 0 Å². The Hall–Kier alpha value is -0.580. The highest BCUT2D eigenvalue weighted by atomic mass is 19.4. The molecule has 2 rings (SSSR count). The summed E-state index contributed by atoms with van der Waals surface area (Å²) in [7, 11) is 0. The average molecular weight is 235 g/mol. The summed E-state index contributed by atoms with van der Waals surface area (Å²) in [5, 5.41) is 0. The molecule has 2 nitrogen and oxygen atoms in total. The molecule has 0 radical (unpaired) electrons. The van der Waals surface area contributed by atoms with Gasteiger partial charge in [-0.3, -0.25) is 9.69 Å². The maximum Gasteiger partial charge on any atom is 0.401 e. The second-order valence-electron chi connectivity index (χ2n) is 4.98. The van der Waals surface area contributed by atoms with Gasteiger partial charge in [-0.15, -0.1) is 0 Å². The molecular formula is C11H16F3NO. The predicted octanol–water partition coefficient (Wildman–Crippen LogP) is 2.24. The molecule has 4 atom stereocenters. The number of hydrogen-bond donors (Lipinski definition) is 0. The van der Waals surface area contributed by atoms with E-state index in [-0.39, 0.29) is 29.7 Å². The molecule has 0 N–H and O–H groups in total. The average Bonchev–Trinajstić information content (AvgIpc) is 2.50. The van der Waals surface area contributed by atoms with E-state index in [1.807, 2.05) is 0 Å². The highest BCUT2D eigenvalue weighted by Crippen LogP contribution is 2.41. The minimum atomic E-state index is -4.17. The number of hydrogen-bond acceptors (Lipinski definition) is 2. The first-order valence-corrected chi connectivity index (χ1v) is 5.67. The van der Waals surface area contributed by atoms with Gasteiger partial charge >= 0.3 is 6.18 Å². The van der Waals surface area contributed by atoms with E-state index in [4.69, 9.17) is 0 Å². The van der Waals surface area contributed by atoms with Gasteiger partial charge in [-0.25, -0.2) is 0 Å². The smallest absolute Gasteiger partial charge is 0.299 e. The van der Waals surface area contributed by atoms with Crippen LogP contribution in [-0.4, -0.2) is 35.5 Å². The quantitative estimate of drug-likeness (QED) is 0.694. The van der Waals surface area contributed by atoms with Crippen LogP contribution >= 0.6 is 0 Å². The van der Waals surface area contributed by atoms with Gasteiger partial charge in [-0.05, 0) is 12.8 Å². The maximum absolute atomic E-state index is 12.4. The number of carbonyl (C=O) groups is 1. The van der Waals surface area contributed by atoms with Crippen molar-refractivity contribution < 1.29 is 18.0 Å². The van der Waals surface area contributed by atoms with E-state index in [0.29, 0.717) is 0 Å². The normalized spacial score (nSPS) is 40.4. The van der Waals surface area contributed by atoms with Crippen LogP contribution in [0.4, 0.5) is 13.2 Å². The molecule has 2 heterocycles. The number of piperidine rings is 1. The van der Waals surface area contributed by atoms with Crippen molar-refractivity contribution in [3.05, 3.63) is 0 Å². The van der Waals surface area contributed by atoms with Crippen LogP contribution in [0.5, 0.6) is 0 Å². The second-order valence-corrected chi connectivity index (χ2v) is 4.98. The molecule has 16 heavy (non-hydrogen) atoms. The zero-order valence-corrected chi connectivity index (χ0v) is 9.42. The molecule has 0 spiro atoms. The zero-order valence-electron chi connectivity index (χ0n) is 9.42. The molecule has 4 unspecified atom stereocenters. The first-order valence-electron chi connectivity index (χ1n) is 5.67. The Balaban J connectivity index is 2.19. The minimum Gasteiger partial charge on any atom is -0.299 e. The molecule has 5 heteroatoms. The van der Waals surface area contributed by atoms with Crippen LogP contribution in [0, 0.1) is 11.8 Å². The molecule has 2 aliphatic heterocycles. The minimum absolute atomic E-state index is 0.130. The molecule has 0 amide bonds. The topological polar surface area (TPSA) is 20.3 Å². The Morgan fingerprint density at radius 2 is 1.62 bits per heavy atom. The molecule has 0 saturated carbocycles. The van der Waals surface area contributed by atoms with Crippen molar-refractivity contribution in [2.75, 3.05) is 6.54 Å². The van der Waals surface area contributed by atoms with Gasteiger partial charge in [-0.1, -0.05) is 13.8 Å². The molecule has 2 aliphatic rings. The predicted molar refractivity (Wildman–Crippen MR) is 52.9 cm³/mol. The Labute approximate surface area is 92.8 Å². The summed E-state index contributed by atoms with van der Waals surface area (Å²) in [6.45, 7) is 2.65. The van der Waals surface area contributed by atoms with Gasteiger partial charge in [0, 0.05) is 23.9 Å². The highest BCUT2D eigenvalue weighted by molar-refractivity contribution is 5.85. The van der Waals surface area contributed by atoms with E-state index >= 15 is 0 Å². The summed E-state index contributed by atoms with van der Waals surface area (Å²) < 4.78 is 37.3. The first kappa shape index (κ1) is 11.9. The van der Waals surface area contributed by atoms with Crippen molar-refractivity contribution >= 4 is 5.78 Å². The number of Topliss-reactive ketones (excluding diaryl/α,β-unsaturated/α-hetero) is 1. The summed E-state index contributed by atoms with van der Waals surface area (Å²) in [4.78, 5) is 13.3. The van der Waals surface area contributed by atoms with E-state index in [1.165, 1.54) is 4.90 Å². The summed E-state index contributed by atoms with van der Waals surface area (Å²) >= 11 is 0. The fourth-order valence-electron chi connectivity index (χ4n) is 3.23. The second kappa shape index (κ2) is 3.72. The van der Waals surface area contributed by atoms with E-state index in [9.17, 15) is 18.0 Å². The van der Waals surface area contributed by atoms with Gasteiger partial charge in [0.05, 0.1) is 6.54 Å². The molecule has 0 aromatic carbocycles. The van der Waals surface area contributed by atoms with E-state index in [2.05, 4.69) is 0 Å². The molecule has 0 aromatic rings. The Kier molecular flexibility index (Phi) is 2.77. The maximum atomic E-state index is 12.4. The number of rotatable bonds is 1. The molecule has 0 aliphatic carbocycles. The van der Waals surface area contributed by atoms with Crippen molar-refractivity contribution in [1.29, 1.82) is 0 Å². The van der Waals surface area contributed by atoms with Gasteiger partial charge in [0.15, 0.2) is 0 Å². The number of carbonyl (C=O) groups excluding carboxylic acids is 1. The SMILES string of the molecule is CC1C(=O)C(C)C2CCC1N2CC(F)(F)F. The van der Waals surface area contributed by atoms with Gasteiger partial charge in [0.25, 0.3) is 0 Å².